The Hall–Kier alpha value is -1.63. The number of ether oxygens (including phenoxy) is 2. The molecule has 3 aliphatic rings. The van der Waals surface area contributed by atoms with Gasteiger partial charge in [0, 0.05) is 42.6 Å². The molecule has 10 nitrogen and oxygen atoms in total. The monoisotopic (exact) mass is 563 g/mol. The Morgan fingerprint density at radius 1 is 1.11 bits per heavy atom. The molecular formula is C23H31Cl2N3O7S. The van der Waals surface area contributed by atoms with Crippen molar-refractivity contribution in [1.82, 2.24) is 14.7 Å². The fourth-order valence-corrected chi connectivity index (χ4v) is 8.03. The zero-order valence-electron chi connectivity index (χ0n) is 19.8. The Balaban J connectivity index is 1.39. The first-order chi connectivity index (χ1) is 17.1. The molecule has 3 saturated heterocycles. The molecule has 2 amide bonds. The fraction of sp³-hybridized carbons (Fsp3) is 0.652. The van der Waals surface area contributed by atoms with Crippen molar-refractivity contribution in [3.05, 3.63) is 33.8 Å². The highest BCUT2D eigenvalue weighted by atomic mass is 35.5. The summed E-state index contributed by atoms with van der Waals surface area (Å²) in [7, 11) is -3.83. The third-order valence-electron chi connectivity index (χ3n) is 7.43. The Bertz CT molecular complexity index is 1050. The fourth-order valence-electron chi connectivity index (χ4n) is 5.26. The molecule has 1 aromatic rings. The first-order valence-electron chi connectivity index (χ1n) is 12.0. The van der Waals surface area contributed by atoms with Gasteiger partial charge in [-0.1, -0.05) is 29.3 Å². The van der Waals surface area contributed by atoms with Crippen molar-refractivity contribution in [2.75, 3.05) is 45.1 Å². The highest BCUT2D eigenvalue weighted by Crippen LogP contribution is 2.39. The number of halogens is 2. The molecule has 0 aromatic heterocycles. The van der Waals surface area contributed by atoms with E-state index in [1.165, 1.54) is 9.21 Å². The zero-order chi connectivity index (χ0) is 25.9. The van der Waals surface area contributed by atoms with Gasteiger partial charge in [-0.05, 0) is 49.3 Å². The molecule has 36 heavy (non-hydrogen) atoms. The predicted octanol–water partition coefficient (Wildman–Crippen LogP) is 3.02. The highest BCUT2D eigenvalue weighted by molar-refractivity contribution is 7.89. The van der Waals surface area contributed by atoms with Crippen molar-refractivity contribution >= 4 is 45.2 Å². The van der Waals surface area contributed by atoms with Gasteiger partial charge in [0.15, 0.2) is 0 Å². The summed E-state index contributed by atoms with van der Waals surface area (Å²) >= 11 is 12.7. The number of likely N-dealkylation sites (tertiary alicyclic amines) is 1. The molecule has 3 aliphatic heterocycles. The topological polar surface area (TPSA) is 125 Å². The quantitative estimate of drug-likeness (QED) is 0.402. The van der Waals surface area contributed by atoms with E-state index in [0.717, 1.165) is 5.56 Å². The average Bonchev–Trinajstić information content (AvgIpc) is 3.37. The molecule has 200 valence electrons. The number of amides is 2. The van der Waals surface area contributed by atoms with Crippen molar-refractivity contribution in [2.45, 2.75) is 44.1 Å². The van der Waals surface area contributed by atoms with Crippen LogP contribution < -0.4 is 5.48 Å². The maximum Gasteiger partial charge on any atom is 0.410 e. The second-order valence-electron chi connectivity index (χ2n) is 9.64. The van der Waals surface area contributed by atoms with Crippen LogP contribution >= 0.6 is 23.2 Å². The van der Waals surface area contributed by atoms with E-state index in [1.807, 2.05) is 0 Å². The number of nitrogens with one attached hydrogen (secondary N) is 1. The molecule has 0 radical (unpaired) electrons. The molecule has 3 fully saturated rings. The second kappa shape index (κ2) is 11.4. The molecule has 0 unspecified atom stereocenters. The van der Waals surface area contributed by atoms with E-state index in [-0.39, 0.29) is 51.0 Å². The molecule has 0 saturated carbocycles. The maximum absolute atomic E-state index is 13.4. The number of carbonyl (C=O) groups is 2. The molecule has 2 N–H and O–H groups in total. The van der Waals surface area contributed by atoms with Gasteiger partial charge in [-0.15, -0.1) is 0 Å². The first-order valence-corrected chi connectivity index (χ1v) is 14.4. The Morgan fingerprint density at radius 2 is 1.75 bits per heavy atom. The number of carbonyl (C=O) groups excluding carboxylic acids is 2. The minimum absolute atomic E-state index is 0.0341. The van der Waals surface area contributed by atoms with Crippen LogP contribution in [0.5, 0.6) is 0 Å². The summed E-state index contributed by atoms with van der Waals surface area (Å²) in [5.74, 6) is -1.18. The molecule has 1 atom stereocenters. The lowest BCUT2D eigenvalue weighted by atomic mass is 9.79. The summed E-state index contributed by atoms with van der Waals surface area (Å²) in [6.07, 6.45) is 1.09. The largest absolute Gasteiger partial charge is 0.444 e. The maximum atomic E-state index is 13.4. The standard InChI is InChI=1S/C23H31Cl2N3O7S/c24-18-2-1-3-19(25)20(18)16-4-9-28(10-5-16)36(32,33)15-23(21(29)26-31)7-11-27(12-8-23)22(30)35-17-6-13-34-14-17/h1-3,16-17,31H,4-15H2,(H,26,29)/t17-/m0/s1. The van der Waals surface area contributed by atoms with Gasteiger partial charge >= 0.3 is 6.09 Å². The SMILES string of the molecule is O=C(O[C@H]1CCOC1)N1CCC(CS(=O)(=O)N2CCC(c3c(Cl)cccc3Cl)CC2)(C(=O)NO)CC1. The Labute approximate surface area is 220 Å². The van der Waals surface area contributed by atoms with Crippen molar-refractivity contribution in [1.29, 1.82) is 0 Å². The van der Waals surface area contributed by atoms with Crippen molar-refractivity contribution in [3.63, 3.8) is 0 Å². The number of sulfonamides is 1. The van der Waals surface area contributed by atoms with Gasteiger partial charge in [0.05, 0.1) is 24.4 Å². The van der Waals surface area contributed by atoms with E-state index >= 15 is 0 Å². The summed E-state index contributed by atoms with van der Waals surface area (Å²) in [5.41, 5.74) is 1.12. The minimum Gasteiger partial charge on any atom is -0.444 e. The van der Waals surface area contributed by atoms with E-state index in [4.69, 9.17) is 32.7 Å². The van der Waals surface area contributed by atoms with Gasteiger partial charge in [-0.3, -0.25) is 10.0 Å². The van der Waals surface area contributed by atoms with E-state index < -0.39 is 33.2 Å². The third kappa shape index (κ3) is 5.92. The second-order valence-corrected chi connectivity index (χ2v) is 12.4. The molecule has 4 rings (SSSR count). The number of nitrogens with zero attached hydrogens (tertiary/aromatic N) is 2. The van der Waals surface area contributed by atoms with Crippen LogP contribution in [0.15, 0.2) is 18.2 Å². The number of hydrogen-bond donors (Lipinski definition) is 2. The number of hydrogen-bond acceptors (Lipinski definition) is 7. The van der Waals surface area contributed by atoms with Gasteiger partial charge in [-0.2, -0.15) is 0 Å². The van der Waals surface area contributed by atoms with Crippen molar-refractivity contribution in [3.8, 4) is 0 Å². The molecule has 3 heterocycles. The van der Waals surface area contributed by atoms with Gasteiger partial charge in [0.25, 0.3) is 5.91 Å². The van der Waals surface area contributed by atoms with E-state index in [9.17, 15) is 23.2 Å². The van der Waals surface area contributed by atoms with E-state index in [2.05, 4.69) is 0 Å². The molecular weight excluding hydrogens is 533 g/mol. The number of piperidine rings is 2. The van der Waals surface area contributed by atoms with Gasteiger partial charge in [0.2, 0.25) is 10.0 Å². The van der Waals surface area contributed by atoms with Crippen molar-refractivity contribution < 1.29 is 32.7 Å². The van der Waals surface area contributed by atoms with Crippen LogP contribution in [0.25, 0.3) is 0 Å². The summed E-state index contributed by atoms with van der Waals surface area (Å²) < 4.78 is 38.8. The zero-order valence-corrected chi connectivity index (χ0v) is 22.2. The summed E-state index contributed by atoms with van der Waals surface area (Å²) in [6, 6.07) is 5.31. The first kappa shape index (κ1) is 27.4. The Morgan fingerprint density at radius 3 is 2.31 bits per heavy atom. The van der Waals surface area contributed by atoms with Crippen LogP contribution in [-0.4, -0.2) is 86.1 Å². The predicted molar refractivity (Wildman–Crippen MR) is 133 cm³/mol. The molecule has 0 spiro atoms. The number of rotatable bonds is 6. The normalized spacial score (nSPS) is 23.4. The van der Waals surface area contributed by atoms with Crippen LogP contribution in [0.1, 0.15) is 43.6 Å². The average molecular weight is 564 g/mol. The summed E-state index contributed by atoms with van der Waals surface area (Å²) in [6.45, 7) is 1.72. The van der Waals surface area contributed by atoms with Gasteiger partial charge in [-0.25, -0.2) is 23.0 Å². The molecule has 0 bridgehead atoms. The van der Waals surface area contributed by atoms with Crippen molar-refractivity contribution in [2.24, 2.45) is 5.41 Å². The lowest BCUT2D eigenvalue weighted by molar-refractivity contribution is -0.141. The van der Waals surface area contributed by atoms with Crippen LogP contribution in [0, 0.1) is 5.41 Å². The summed E-state index contributed by atoms with van der Waals surface area (Å²) in [4.78, 5) is 26.6. The number of hydroxylamine groups is 1. The number of benzene rings is 1. The minimum atomic E-state index is -3.83. The highest BCUT2D eigenvalue weighted by Gasteiger charge is 2.47. The third-order valence-corrected chi connectivity index (χ3v) is 10.2. The van der Waals surface area contributed by atoms with Crippen LogP contribution in [0.3, 0.4) is 0 Å². The van der Waals surface area contributed by atoms with E-state index in [0.29, 0.717) is 42.5 Å². The lowest BCUT2D eigenvalue weighted by Gasteiger charge is -2.41. The van der Waals surface area contributed by atoms with Crippen LogP contribution in [0.4, 0.5) is 4.79 Å². The van der Waals surface area contributed by atoms with E-state index in [1.54, 1.807) is 23.7 Å². The molecule has 13 heteroatoms. The van der Waals surface area contributed by atoms with Crippen LogP contribution in [-0.2, 0) is 24.3 Å². The smallest absolute Gasteiger partial charge is 0.410 e. The van der Waals surface area contributed by atoms with Gasteiger partial charge < -0.3 is 14.4 Å². The van der Waals surface area contributed by atoms with Gasteiger partial charge in [0.1, 0.15) is 6.10 Å². The van der Waals surface area contributed by atoms with Crippen LogP contribution in [0.2, 0.25) is 10.0 Å². The molecule has 1 aromatic carbocycles. The summed E-state index contributed by atoms with van der Waals surface area (Å²) in [5, 5.41) is 10.5. The Kier molecular flexibility index (Phi) is 8.68. The lowest BCUT2D eigenvalue weighted by Crippen LogP contribution is -2.55. The molecule has 0 aliphatic carbocycles.